The summed E-state index contributed by atoms with van der Waals surface area (Å²) in [6.45, 7) is 3.87. The van der Waals surface area contributed by atoms with Crippen molar-refractivity contribution < 1.29 is 0 Å². The second-order valence-electron chi connectivity index (χ2n) is 3.87. The molecular formula is C12H15ClN4S. The third kappa shape index (κ3) is 3.25. The molecular weight excluding hydrogens is 268 g/mol. The maximum absolute atomic E-state index is 6.27. The fourth-order valence-corrected chi connectivity index (χ4v) is 2.56. The predicted molar refractivity (Wildman–Crippen MR) is 74.0 cm³/mol. The summed E-state index contributed by atoms with van der Waals surface area (Å²) in [7, 11) is 1.91. The quantitative estimate of drug-likeness (QED) is 0.916. The van der Waals surface area contributed by atoms with Crippen molar-refractivity contribution in [2.45, 2.75) is 23.5 Å². The second-order valence-corrected chi connectivity index (χ2v) is 5.29. The summed E-state index contributed by atoms with van der Waals surface area (Å²) < 4.78 is 1.87. The van der Waals surface area contributed by atoms with E-state index in [2.05, 4.69) is 28.5 Å². The first kappa shape index (κ1) is 13.4. The van der Waals surface area contributed by atoms with Gasteiger partial charge >= 0.3 is 0 Å². The van der Waals surface area contributed by atoms with Crippen LogP contribution in [0.25, 0.3) is 0 Å². The number of aromatic nitrogens is 3. The van der Waals surface area contributed by atoms with Crippen LogP contribution in [0.5, 0.6) is 0 Å². The predicted octanol–water partition coefficient (Wildman–Crippen LogP) is 2.73. The standard InChI is InChI=1S/C12H15ClN4S/c1-3-14-7-9-4-5-11(10(13)6-9)18-12-16-15-8-17(12)2/h4-6,8,14H,3,7H2,1-2H3. The van der Waals surface area contributed by atoms with E-state index in [1.807, 2.05) is 23.7 Å². The number of aryl methyl sites for hydroxylation is 1. The van der Waals surface area contributed by atoms with E-state index in [-0.39, 0.29) is 0 Å². The van der Waals surface area contributed by atoms with E-state index in [9.17, 15) is 0 Å². The topological polar surface area (TPSA) is 42.7 Å². The van der Waals surface area contributed by atoms with E-state index >= 15 is 0 Å². The average Bonchev–Trinajstić information content (AvgIpc) is 2.75. The summed E-state index contributed by atoms with van der Waals surface area (Å²) in [5.41, 5.74) is 1.18. The minimum Gasteiger partial charge on any atom is -0.313 e. The normalized spacial score (nSPS) is 10.8. The van der Waals surface area contributed by atoms with Crippen molar-refractivity contribution in [3.8, 4) is 0 Å². The molecule has 0 aliphatic rings. The van der Waals surface area contributed by atoms with Crippen molar-refractivity contribution in [1.29, 1.82) is 0 Å². The molecule has 96 valence electrons. The molecule has 1 heterocycles. The largest absolute Gasteiger partial charge is 0.313 e. The molecule has 4 nitrogen and oxygen atoms in total. The van der Waals surface area contributed by atoms with Gasteiger partial charge in [0, 0.05) is 18.5 Å². The number of halogens is 1. The highest BCUT2D eigenvalue weighted by Gasteiger charge is 2.07. The van der Waals surface area contributed by atoms with Gasteiger partial charge in [-0.3, -0.25) is 0 Å². The lowest BCUT2D eigenvalue weighted by Crippen LogP contribution is -2.11. The lowest BCUT2D eigenvalue weighted by Gasteiger charge is -2.06. The van der Waals surface area contributed by atoms with E-state index in [0.29, 0.717) is 0 Å². The smallest absolute Gasteiger partial charge is 0.195 e. The first-order valence-electron chi connectivity index (χ1n) is 5.71. The van der Waals surface area contributed by atoms with Crippen LogP contribution in [0.2, 0.25) is 5.02 Å². The van der Waals surface area contributed by atoms with Gasteiger partial charge in [-0.15, -0.1) is 10.2 Å². The fourth-order valence-electron chi connectivity index (χ4n) is 1.47. The zero-order chi connectivity index (χ0) is 13.0. The summed E-state index contributed by atoms with van der Waals surface area (Å²) in [4.78, 5) is 0.994. The van der Waals surface area contributed by atoms with Crippen LogP contribution in [0, 0.1) is 0 Å². The van der Waals surface area contributed by atoms with Crippen LogP contribution in [0.4, 0.5) is 0 Å². The minimum absolute atomic E-state index is 0.749. The highest BCUT2D eigenvalue weighted by Crippen LogP contribution is 2.32. The summed E-state index contributed by atoms with van der Waals surface area (Å²) in [6, 6.07) is 6.09. The van der Waals surface area contributed by atoms with Crippen LogP contribution >= 0.6 is 23.4 Å². The Morgan fingerprint density at radius 1 is 1.44 bits per heavy atom. The fraction of sp³-hybridized carbons (Fsp3) is 0.333. The SMILES string of the molecule is CCNCc1ccc(Sc2nncn2C)c(Cl)c1. The molecule has 0 fully saturated rings. The van der Waals surface area contributed by atoms with Gasteiger partial charge in [-0.25, -0.2) is 0 Å². The second kappa shape index (κ2) is 6.22. The Morgan fingerprint density at radius 2 is 2.28 bits per heavy atom. The summed E-state index contributed by atoms with van der Waals surface area (Å²) in [5, 5.41) is 12.7. The molecule has 1 N–H and O–H groups in total. The Kier molecular flexibility index (Phi) is 4.63. The maximum Gasteiger partial charge on any atom is 0.195 e. The lowest BCUT2D eigenvalue weighted by atomic mass is 10.2. The lowest BCUT2D eigenvalue weighted by molar-refractivity contribution is 0.726. The average molecular weight is 283 g/mol. The third-order valence-corrected chi connectivity index (χ3v) is 4.00. The molecule has 0 saturated heterocycles. The van der Waals surface area contributed by atoms with E-state index in [0.717, 1.165) is 28.2 Å². The zero-order valence-corrected chi connectivity index (χ0v) is 11.9. The Bertz CT molecular complexity index is 527. The highest BCUT2D eigenvalue weighted by molar-refractivity contribution is 7.99. The van der Waals surface area contributed by atoms with Gasteiger partial charge in [0.05, 0.1) is 5.02 Å². The van der Waals surface area contributed by atoms with Crippen molar-refractivity contribution in [3.63, 3.8) is 0 Å². The van der Waals surface area contributed by atoms with Crippen molar-refractivity contribution in [1.82, 2.24) is 20.1 Å². The van der Waals surface area contributed by atoms with Crippen LogP contribution in [-0.4, -0.2) is 21.3 Å². The van der Waals surface area contributed by atoms with Crippen LogP contribution < -0.4 is 5.32 Å². The van der Waals surface area contributed by atoms with Crippen molar-refractivity contribution in [3.05, 3.63) is 35.1 Å². The Labute approximate surface area is 116 Å². The van der Waals surface area contributed by atoms with Gasteiger partial charge in [0.1, 0.15) is 6.33 Å². The van der Waals surface area contributed by atoms with Gasteiger partial charge in [-0.2, -0.15) is 0 Å². The molecule has 0 saturated carbocycles. The number of benzene rings is 1. The van der Waals surface area contributed by atoms with Gasteiger partial charge in [-0.05, 0) is 36.0 Å². The van der Waals surface area contributed by atoms with Gasteiger partial charge in [0.25, 0.3) is 0 Å². The van der Waals surface area contributed by atoms with Gasteiger partial charge < -0.3 is 9.88 Å². The van der Waals surface area contributed by atoms with Crippen LogP contribution in [0.15, 0.2) is 34.6 Å². The van der Waals surface area contributed by atoms with Gasteiger partial charge in [0.15, 0.2) is 5.16 Å². The van der Waals surface area contributed by atoms with E-state index in [1.54, 1.807) is 6.33 Å². The first-order valence-corrected chi connectivity index (χ1v) is 6.91. The van der Waals surface area contributed by atoms with Crippen molar-refractivity contribution in [2.24, 2.45) is 7.05 Å². The molecule has 0 amide bonds. The number of hydrogen-bond donors (Lipinski definition) is 1. The third-order valence-electron chi connectivity index (χ3n) is 2.45. The molecule has 6 heteroatoms. The van der Waals surface area contributed by atoms with Crippen molar-refractivity contribution in [2.75, 3.05) is 6.54 Å². The minimum atomic E-state index is 0.749. The number of rotatable bonds is 5. The molecule has 2 aromatic rings. The van der Waals surface area contributed by atoms with Crippen LogP contribution in [0.1, 0.15) is 12.5 Å². The first-order chi connectivity index (χ1) is 8.70. The summed E-state index contributed by atoms with van der Waals surface area (Å²) in [5.74, 6) is 0. The Hall–Kier alpha value is -1.04. The molecule has 0 unspecified atom stereocenters. The van der Waals surface area contributed by atoms with E-state index in [1.165, 1.54) is 17.3 Å². The van der Waals surface area contributed by atoms with E-state index in [4.69, 9.17) is 11.6 Å². The molecule has 1 aromatic heterocycles. The number of hydrogen-bond acceptors (Lipinski definition) is 4. The molecule has 0 atom stereocenters. The molecule has 1 aromatic carbocycles. The van der Waals surface area contributed by atoms with Gasteiger partial charge in [0.2, 0.25) is 0 Å². The number of nitrogens with one attached hydrogen (secondary N) is 1. The summed E-state index contributed by atoms with van der Waals surface area (Å²) >= 11 is 7.79. The molecule has 0 spiro atoms. The van der Waals surface area contributed by atoms with Gasteiger partial charge in [-0.1, -0.05) is 24.6 Å². The molecule has 2 rings (SSSR count). The Balaban J connectivity index is 2.12. The molecule has 0 aliphatic carbocycles. The van der Waals surface area contributed by atoms with Crippen LogP contribution in [-0.2, 0) is 13.6 Å². The summed E-state index contributed by atoms with van der Waals surface area (Å²) in [6.07, 6.45) is 1.68. The highest BCUT2D eigenvalue weighted by atomic mass is 35.5. The molecule has 0 bridgehead atoms. The number of nitrogens with zero attached hydrogens (tertiary/aromatic N) is 3. The molecule has 18 heavy (non-hydrogen) atoms. The van der Waals surface area contributed by atoms with Crippen LogP contribution in [0.3, 0.4) is 0 Å². The Morgan fingerprint density at radius 3 is 2.89 bits per heavy atom. The molecule has 0 aliphatic heterocycles. The van der Waals surface area contributed by atoms with Crippen molar-refractivity contribution >= 4 is 23.4 Å². The zero-order valence-electron chi connectivity index (χ0n) is 10.4. The van der Waals surface area contributed by atoms with E-state index < -0.39 is 0 Å². The maximum atomic E-state index is 6.27. The monoisotopic (exact) mass is 282 g/mol. The molecule has 0 radical (unpaired) electrons.